The first-order valence-corrected chi connectivity index (χ1v) is 18.5. The summed E-state index contributed by atoms with van der Waals surface area (Å²) in [6.07, 6.45) is 7.23. The lowest BCUT2D eigenvalue weighted by Crippen LogP contribution is -2.24. The number of benzene rings is 2. The molecule has 288 valence electrons. The SMILES string of the molecule is CC.Cc1c(C2CCOCC2)[nH]c2ccc(CNC(=O)c3ccno3)cc12.Cc1c(C2CCOCC2)[nH]c2ccc(CNC(=O)c3ncn(C)n3)cc12.[HH].[HH].[HH].[HH]. The molecule has 0 unspecified atom stereocenters. The summed E-state index contributed by atoms with van der Waals surface area (Å²) in [5.41, 5.74) is 9.64. The Hall–Kier alpha value is -5.27. The van der Waals surface area contributed by atoms with E-state index in [0.29, 0.717) is 24.9 Å². The van der Waals surface area contributed by atoms with Gasteiger partial charge in [0.25, 0.3) is 11.8 Å². The maximum Gasteiger partial charge on any atom is 0.291 e. The highest BCUT2D eigenvalue weighted by Gasteiger charge is 2.22. The van der Waals surface area contributed by atoms with Crippen molar-refractivity contribution >= 4 is 33.6 Å². The molecular formula is C40H58N8O5. The Morgan fingerprint density at radius 3 is 1.75 bits per heavy atom. The lowest BCUT2D eigenvalue weighted by Gasteiger charge is -2.21. The monoisotopic (exact) mass is 730 g/mol. The zero-order valence-electron chi connectivity index (χ0n) is 31.3. The van der Waals surface area contributed by atoms with Crippen LogP contribution in [0.5, 0.6) is 0 Å². The zero-order chi connectivity index (χ0) is 37.3. The van der Waals surface area contributed by atoms with Crippen molar-refractivity contribution in [1.82, 2.24) is 40.5 Å². The minimum absolute atomic E-state index is 0. The number of carbonyl (C=O) groups is 2. The number of aromatic amines is 2. The fourth-order valence-corrected chi connectivity index (χ4v) is 7.11. The van der Waals surface area contributed by atoms with Gasteiger partial charge in [0.05, 0.1) is 6.20 Å². The van der Waals surface area contributed by atoms with Gasteiger partial charge in [-0.25, -0.2) is 4.98 Å². The number of carbonyl (C=O) groups excluding carboxylic acids is 2. The van der Waals surface area contributed by atoms with Crippen molar-refractivity contribution < 1.29 is 29.3 Å². The van der Waals surface area contributed by atoms with Crippen molar-refractivity contribution in [3.63, 3.8) is 0 Å². The maximum absolute atomic E-state index is 12.1. The molecule has 13 nitrogen and oxygen atoms in total. The van der Waals surface area contributed by atoms with Gasteiger partial charge in [0.2, 0.25) is 11.6 Å². The van der Waals surface area contributed by atoms with Crippen LogP contribution in [0.25, 0.3) is 21.8 Å². The molecule has 13 heteroatoms. The standard InChI is InChI=1S/C19H23N5O2.C19H21N3O3.C2H6.4H2/c1-12-15-9-13(10-20-19(25)18-21-11-24(2)23-18)3-4-16(15)22-17(12)14-5-7-26-8-6-14;1-12-15-10-13(11-20-19(23)17-4-7-21-25-17)2-3-16(15)22-18(12)14-5-8-24-9-6-14;1-2;;;;/h3-4,9,11,14,22H,5-8,10H2,1-2H3,(H,20,25);2-4,7,10,14,22H,5-6,8-9,11H2,1H3,(H,20,23);1-2H3;4*1H. The van der Waals surface area contributed by atoms with E-state index >= 15 is 0 Å². The first kappa shape index (κ1) is 37.5. The van der Waals surface area contributed by atoms with Crippen LogP contribution in [-0.2, 0) is 29.6 Å². The second-order valence-electron chi connectivity index (χ2n) is 13.3. The van der Waals surface area contributed by atoms with Crippen molar-refractivity contribution in [2.45, 2.75) is 78.3 Å². The molecule has 0 bridgehead atoms. The van der Waals surface area contributed by atoms with E-state index in [2.05, 4.69) is 74.0 Å². The molecule has 0 spiro atoms. The van der Waals surface area contributed by atoms with Crippen LogP contribution < -0.4 is 10.6 Å². The molecule has 2 saturated heterocycles. The predicted octanol–water partition coefficient (Wildman–Crippen LogP) is 7.73. The van der Waals surface area contributed by atoms with Crippen LogP contribution in [0.3, 0.4) is 0 Å². The normalized spacial score (nSPS) is 15.0. The van der Waals surface area contributed by atoms with E-state index in [1.807, 2.05) is 26.0 Å². The number of H-pyrrole nitrogens is 2. The minimum atomic E-state index is -0.264. The van der Waals surface area contributed by atoms with Crippen LogP contribution in [-0.4, -0.2) is 68.1 Å². The molecule has 2 fully saturated rings. The second kappa shape index (κ2) is 17.5. The average molecular weight is 731 g/mol. The van der Waals surface area contributed by atoms with Crippen molar-refractivity contribution in [1.29, 1.82) is 0 Å². The summed E-state index contributed by atoms with van der Waals surface area (Å²) in [4.78, 5) is 35.2. The number of hydrogen-bond donors (Lipinski definition) is 4. The quantitative estimate of drug-likeness (QED) is 0.124. The third-order valence-electron chi connectivity index (χ3n) is 9.95. The second-order valence-corrected chi connectivity index (χ2v) is 13.3. The summed E-state index contributed by atoms with van der Waals surface area (Å²) < 4.78 is 17.3. The lowest BCUT2D eigenvalue weighted by atomic mass is 9.93. The molecule has 2 aliphatic rings. The van der Waals surface area contributed by atoms with E-state index in [-0.39, 0.29) is 29.1 Å². The Labute approximate surface area is 315 Å². The maximum atomic E-state index is 12.1. The fourth-order valence-electron chi connectivity index (χ4n) is 7.11. The number of rotatable bonds is 8. The average Bonchev–Trinajstić information content (AvgIpc) is 4.02. The summed E-state index contributed by atoms with van der Waals surface area (Å²) in [6.45, 7) is 12.6. The van der Waals surface area contributed by atoms with Crippen molar-refractivity contribution in [2.24, 2.45) is 7.05 Å². The minimum Gasteiger partial charge on any atom is -0.381 e. The number of ether oxygens (including phenoxy) is 2. The molecule has 4 N–H and O–H groups in total. The highest BCUT2D eigenvalue weighted by Crippen LogP contribution is 2.34. The van der Waals surface area contributed by atoms with Gasteiger partial charge < -0.3 is 34.6 Å². The van der Waals surface area contributed by atoms with Gasteiger partial charge >= 0.3 is 0 Å². The van der Waals surface area contributed by atoms with E-state index in [0.717, 1.165) is 74.3 Å². The van der Waals surface area contributed by atoms with Crippen LogP contribution in [0.15, 0.2) is 59.5 Å². The summed E-state index contributed by atoms with van der Waals surface area (Å²) >= 11 is 0. The first-order valence-electron chi connectivity index (χ1n) is 18.5. The van der Waals surface area contributed by atoms with Gasteiger partial charge in [0.1, 0.15) is 6.33 Å². The summed E-state index contributed by atoms with van der Waals surface area (Å²) in [5.74, 6) is 0.963. The van der Waals surface area contributed by atoms with Crippen molar-refractivity contribution in [3.8, 4) is 0 Å². The number of amides is 2. The van der Waals surface area contributed by atoms with Gasteiger partial charge in [-0.15, -0.1) is 5.10 Å². The van der Waals surface area contributed by atoms with Crippen LogP contribution in [0.1, 0.15) is 112 Å². The zero-order valence-corrected chi connectivity index (χ0v) is 31.3. The summed E-state index contributed by atoms with van der Waals surface area (Å²) in [7, 11) is 1.74. The smallest absolute Gasteiger partial charge is 0.291 e. The molecule has 2 aliphatic heterocycles. The largest absolute Gasteiger partial charge is 0.381 e. The third kappa shape index (κ3) is 8.86. The molecule has 6 heterocycles. The number of aryl methyl sites for hydroxylation is 3. The third-order valence-corrected chi connectivity index (χ3v) is 9.95. The van der Waals surface area contributed by atoms with Crippen LogP contribution in [0.2, 0.25) is 0 Å². The molecule has 4 aromatic heterocycles. The number of aromatic nitrogens is 6. The van der Waals surface area contributed by atoms with Gasteiger partial charge in [-0.3, -0.25) is 14.3 Å². The molecule has 6 aromatic rings. The van der Waals surface area contributed by atoms with Gasteiger partial charge in [-0.1, -0.05) is 31.1 Å². The molecule has 0 aliphatic carbocycles. The molecule has 0 saturated carbocycles. The van der Waals surface area contributed by atoms with E-state index in [9.17, 15) is 9.59 Å². The Bertz CT molecular complexity index is 2140. The number of nitrogens with one attached hydrogen (secondary N) is 4. The molecule has 2 amide bonds. The van der Waals surface area contributed by atoms with E-state index in [1.165, 1.54) is 50.5 Å². The van der Waals surface area contributed by atoms with Crippen LogP contribution in [0.4, 0.5) is 0 Å². The Morgan fingerprint density at radius 2 is 1.30 bits per heavy atom. The number of fused-ring (bicyclic) bond motifs is 2. The molecule has 8 rings (SSSR count). The van der Waals surface area contributed by atoms with Gasteiger partial charge in [0.15, 0.2) is 0 Å². The molecule has 0 atom stereocenters. The van der Waals surface area contributed by atoms with E-state index in [1.54, 1.807) is 13.1 Å². The van der Waals surface area contributed by atoms with Crippen LogP contribution >= 0.6 is 0 Å². The summed E-state index contributed by atoms with van der Waals surface area (Å²) in [6, 6.07) is 14.1. The highest BCUT2D eigenvalue weighted by molar-refractivity contribution is 5.91. The van der Waals surface area contributed by atoms with Gasteiger partial charge in [-0.05, 0) is 86.1 Å². The lowest BCUT2D eigenvalue weighted by molar-refractivity contribution is 0.0844. The van der Waals surface area contributed by atoms with Crippen molar-refractivity contribution in [2.75, 3.05) is 26.4 Å². The first-order chi connectivity index (χ1) is 25.8. The Kier molecular flexibility index (Phi) is 12.4. The number of nitrogens with zero attached hydrogens (tertiary/aromatic N) is 4. The van der Waals surface area contributed by atoms with E-state index < -0.39 is 0 Å². The Morgan fingerprint density at radius 1 is 0.792 bits per heavy atom. The molecule has 53 heavy (non-hydrogen) atoms. The van der Waals surface area contributed by atoms with Crippen molar-refractivity contribution in [3.05, 3.63) is 100 Å². The Balaban J connectivity index is 0.000000354. The molecule has 0 radical (unpaired) electrons. The topological polar surface area (TPSA) is 165 Å². The van der Waals surface area contributed by atoms with Crippen LogP contribution in [0, 0.1) is 13.8 Å². The van der Waals surface area contributed by atoms with E-state index in [4.69, 9.17) is 14.0 Å². The summed E-state index contributed by atoms with van der Waals surface area (Å²) in [5, 5.41) is 15.7. The predicted molar refractivity (Wildman–Crippen MR) is 211 cm³/mol. The van der Waals surface area contributed by atoms with Gasteiger partial charge in [-0.2, -0.15) is 0 Å². The van der Waals surface area contributed by atoms with Gasteiger partial charge in [0, 0.05) is 103 Å². The number of hydrogen-bond acceptors (Lipinski definition) is 8. The molecule has 2 aromatic carbocycles. The molecular weight excluding hydrogens is 672 g/mol. The highest BCUT2D eigenvalue weighted by atomic mass is 16.5. The fraction of sp³-hybridized carbons (Fsp3) is 0.425.